The second kappa shape index (κ2) is 8.67. The molecule has 0 aliphatic heterocycles. The lowest BCUT2D eigenvalue weighted by Crippen LogP contribution is -2.44. The predicted molar refractivity (Wildman–Crippen MR) is 88.5 cm³/mol. The standard InChI is InChI=1S/C17H22ClNO4/c1-4-17(2,3)19-15(21)11-23-16(22)10-9-14(20)12-5-7-13(18)8-6-12/h5-8H,4,9-11H2,1-3H3,(H,19,21). The van der Waals surface area contributed by atoms with Crippen molar-refractivity contribution in [1.82, 2.24) is 5.32 Å². The summed E-state index contributed by atoms with van der Waals surface area (Å²) in [5.74, 6) is -1.10. The summed E-state index contributed by atoms with van der Waals surface area (Å²) < 4.78 is 4.88. The number of ether oxygens (including phenoxy) is 1. The molecule has 0 saturated carbocycles. The number of esters is 1. The molecule has 0 radical (unpaired) electrons. The van der Waals surface area contributed by atoms with Gasteiger partial charge in [0.1, 0.15) is 0 Å². The first-order chi connectivity index (χ1) is 10.7. The third-order valence-electron chi connectivity index (χ3n) is 3.45. The van der Waals surface area contributed by atoms with Gasteiger partial charge in [0.2, 0.25) is 0 Å². The van der Waals surface area contributed by atoms with Crippen LogP contribution in [0.1, 0.15) is 50.4 Å². The van der Waals surface area contributed by atoms with E-state index in [-0.39, 0.29) is 36.7 Å². The third-order valence-corrected chi connectivity index (χ3v) is 3.70. The molecule has 0 heterocycles. The minimum Gasteiger partial charge on any atom is -0.456 e. The Morgan fingerprint density at radius 2 is 1.74 bits per heavy atom. The van der Waals surface area contributed by atoms with E-state index in [0.717, 1.165) is 6.42 Å². The Bertz CT molecular complexity index is 566. The Hall–Kier alpha value is -1.88. The van der Waals surface area contributed by atoms with E-state index in [9.17, 15) is 14.4 Å². The summed E-state index contributed by atoms with van der Waals surface area (Å²) in [4.78, 5) is 35.1. The fourth-order valence-corrected chi connectivity index (χ4v) is 1.84. The number of carbonyl (C=O) groups is 3. The molecule has 0 aliphatic carbocycles. The molecule has 0 spiro atoms. The van der Waals surface area contributed by atoms with Gasteiger partial charge in [-0.05, 0) is 44.5 Å². The van der Waals surface area contributed by atoms with Gasteiger partial charge < -0.3 is 10.1 Å². The molecule has 1 rings (SSSR count). The summed E-state index contributed by atoms with van der Waals surface area (Å²) >= 11 is 5.75. The second-order valence-electron chi connectivity index (χ2n) is 5.88. The Labute approximate surface area is 141 Å². The summed E-state index contributed by atoms with van der Waals surface area (Å²) in [5.41, 5.74) is 0.151. The lowest BCUT2D eigenvalue weighted by Gasteiger charge is -2.24. The van der Waals surface area contributed by atoms with Gasteiger partial charge in [0.15, 0.2) is 12.4 Å². The Morgan fingerprint density at radius 1 is 1.13 bits per heavy atom. The van der Waals surface area contributed by atoms with Crippen molar-refractivity contribution in [1.29, 1.82) is 0 Å². The number of benzene rings is 1. The fraction of sp³-hybridized carbons (Fsp3) is 0.471. The van der Waals surface area contributed by atoms with Crippen molar-refractivity contribution in [2.24, 2.45) is 0 Å². The van der Waals surface area contributed by atoms with E-state index in [4.69, 9.17) is 16.3 Å². The zero-order valence-electron chi connectivity index (χ0n) is 13.6. The zero-order valence-corrected chi connectivity index (χ0v) is 14.4. The maximum atomic E-state index is 11.9. The van der Waals surface area contributed by atoms with Crippen LogP contribution in [0.3, 0.4) is 0 Å². The number of hydrogen-bond acceptors (Lipinski definition) is 4. The molecular weight excluding hydrogens is 318 g/mol. The molecule has 0 fully saturated rings. The van der Waals surface area contributed by atoms with Gasteiger partial charge in [-0.2, -0.15) is 0 Å². The van der Waals surface area contributed by atoms with Crippen LogP contribution in [-0.2, 0) is 14.3 Å². The monoisotopic (exact) mass is 339 g/mol. The molecule has 0 saturated heterocycles. The molecule has 0 bridgehead atoms. The number of Topliss-reactive ketones (excluding diaryl/α,β-unsaturated/α-hetero) is 1. The summed E-state index contributed by atoms with van der Waals surface area (Å²) in [6.45, 7) is 5.39. The van der Waals surface area contributed by atoms with Crippen molar-refractivity contribution >= 4 is 29.3 Å². The molecule has 1 N–H and O–H groups in total. The van der Waals surface area contributed by atoms with Crippen LogP contribution in [0.4, 0.5) is 0 Å². The van der Waals surface area contributed by atoms with Crippen LogP contribution in [-0.4, -0.2) is 29.8 Å². The van der Waals surface area contributed by atoms with Gasteiger partial charge in [-0.3, -0.25) is 14.4 Å². The van der Waals surface area contributed by atoms with Crippen molar-refractivity contribution in [3.8, 4) is 0 Å². The van der Waals surface area contributed by atoms with Gasteiger partial charge >= 0.3 is 5.97 Å². The molecule has 1 aromatic carbocycles. The topological polar surface area (TPSA) is 72.5 Å². The average Bonchev–Trinajstić information content (AvgIpc) is 2.51. The predicted octanol–water partition coefficient (Wildman–Crippen LogP) is 3.15. The van der Waals surface area contributed by atoms with E-state index in [2.05, 4.69) is 5.32 Å². The van der Waals surface area contributed by atoms with Gasteiger partial charge in [-0.25, -0.2) is 0 Å². The van der Waals surface area contributed by atoms with E-state index in [1.165, 1.54) is 0 Å². The lowest BCUT2D eigenvalue weighted by atomic mass is 10.0. The van der Waals surface area contributed by atoms with E-state index in [0.29, 0.717) is 10.6 Å². The van der Waals surface area contributed by atoms with Gasteiger partial charge in [0, 0.05) is 22.5 Å². The van der Waals surface area contributed by atoms with E-state index < -0.39 is 5.97 Å². The molecule has 126 valence electrons. The SMILES string of the molecule is CCC(C)(C)NC(=O)COC(=O)CCC(=O)c1ccc(Cl)cc1. The summed E-state index contributed by atoms with van der Waals surface area (Å²) in [5, 5.41) is 3.31. The molecule has 6 heteroatoms. The van der Waals surface area contributed by atoms with Crippen molar-refractivity contribution in [3.05, 3.63) is 34.9 Å². The number of rotatable bonds is 8. The van der Waals surface area contributed by atoms with Crippen LogP contribution in [0.5, 0.6) is 0 Å². The van der Waals surface area contributed by atoms with Crippen molar-refractivity contribution in [2.45, 2.75) is 45.6 Å². The first kappa shape index (κ1) is 19.2. The van der Waals surface area contributed by atoms with E-state index in [1.807, 2.05) is 20.8 Å². The summed E-state index contributed by atoms with van der Waals surface area (Å²) in [7, 11) is 0. The van der Waals surface area contributed by atoms with Crippen molar-refractivity contribution < 1.29 is 19.1 Å². The molecule has 0 unspecified atom stereocenters. The summed E-state index contributed by atoms with van der Waals surface area (Å²) in [6, 6.07) is 6.45. The quantitative estimate of drug-likeness (QED) is 0.583. The number of hydrogen-bond donors (Lipinski definition) is 1. The Balaban J connectivity index is 2.33. The molecule has 0 atom stereocenters. The zero-order chi connectivity index (χ0) is 17.5. The van der Waals surface area contributed by atoms with Crippen LogP contribution in [0.15, 0.2) is 24.3 Å². The van der Waals surface area contributed by atoms with Crippen molar-refractivity contribution in [2.75, 3.05) is 6.61 Å². The van der Waals surface area contributed by atoms with Crippen LogP contribution >= 0.6 is 11.6 Å². The molecule has 23 heavy (non-hydrogen) atoms. The number of nitrogens with one attached hydrogen (secondary N) is 1. The smallest absolute Gasteiger partial charge is 0.306 e. The Kier molecular flexibility index (Phi) is 7.23. The number of carbonyl (C=O) groups excluding carboxylic acids is 3. The molecule has 0 aliphatic rings. The van der Waals surface area contributed by atoms with Crippen LogP contribution in [0, 0.1) is 0 Å². The van der Waals surface area contributed by atoms with Gasteiger partial charge in [-0.15, -0.1) is 0 Å². The highest BCUT2D eigenvalue weighted by Crippen LogP contribution is 2.12. The second-order valence-corrected chi connectivity index (χ2v) is 6.31. The highest BCUT2D eigenvalue weighted by molar-refractivity contribution is 6.30. The van der Waals surface area contributed by atoms with E-state index >= 15 is 0 Å². The fourth-order valence-electron chi connectivity index (χ4n) is 1.72. The van der Waals surface area contributed by atoms with Gasteiger partial charge in [-0.1, -0.05) is 18.5 Å². The minimum atomic E-state index is -0.572. The Morgan fingerprint density at radius 3 is 2.30 bits per heavy atom. The number of ketones is 1. The summed E-state index contributed by atoms with van der Waals surface area (Å²) in [6.07, 6.45) is 0.733. The maximum Gasteiger partial charge on any atom is 0.306 e. The normalized spacial score (nSPS) is 11.0. The first-order valence-electron chi connectivity index (χ1n) is 7.49. The molecule has 0 aromatic heterocycles. The van der Waals surface area contributed by atoms with Gasteiger partial charge in [0.25, 0.3) is 5.91 Å². The molecule has 5 nitrogen and oxygen atoms in total. The highest BCUT2D eigenvalue weighted by atomic mass is 35.5. The van der Waals surface area contributed by atoms with Crippen molar-refractivity contribution in [3.63, 3.8) is 0 Å². The van der Waals surface area contributed by atoms with Gasteiger partial charge in [0.05, 0.1) is 6.42 Å². The van der Waals surface area contributed by atoms with E-state index in [1.54, 1.807) is 24.3 Å². The number of halogens is 1. The highest BCUT2D eigenvalue weighted by Gasteiger charge is 2.19. The largest absolute Gasteiger partial charge is 0.456 e. The first-order valence-corrected chi connectivity index (χ1v) is 7.86. The van der Waals surface area contributed by atoms with Crippen LogP contribution in [0.2, 0.25) is 5.02 Å². The molecule has 1 amide bonds. The third kappa shape index (κ3) is 7.28. The number of amides is 1. The van der Waals surface area contributed by atoms with Crippen LogP contribution < -0.4 is 5.32 Å². The van der Waals surface area contributed by atoms with Crippen LogP contribution in [0.25, 0.3) is 0 Å². The lowest BCUT2D eigenvalue weighted by molar-refractivity contribution is -0.148. The average molecular weight is 340 g/mol. The molecular formula is C17H22ClNO4. The minimum absolute atomic E-state index is 0.0303. The maximum absolute atomic E-state index is 11.9. The molecule has 1 aromatic rings.